The van der Waals surface area contributed by atoms with Crippen LogP contribution in [-0.4, -0.2) is 45.7 Å². The second-order valence-corrected chi connectivity index (χ2v) is 7.43. The fourth-order valence-corrected chi connectivity index (χ4v) is 3.44. The van der Waals surface area contributed by atoms with Gasteiger partial charge in [-0.25, -0.2) is 9.37 Å². The number of amides is 2. The molecule has 28 heavy (non-hydrogen) atoms. The van der Waals surface area contributed by atoms with E-state index in [1.54, 1.807) is 29.2 Å². The Bertz CT molecular complexity index is 836. The summed E-state index contributed by atoms with van der Waals surface area (Å²) in [6.07, 6.45) is 1.71. The topological polar surface area (TPSA) is 79.5 Å². The number of pyridine rings is 1. The van der Waals surface area contributed by atoms with Gasteiger partial charge >= 0.3 is 0 Å². The van der Waals surface area contributed by atoms with E-state index < -0.39 is 0 Å². The number of nitrogen functional groups attached to an aromatic ring is 1. The van der Waals surface area contributed by atoms with Crippen LogP contribution in [0.2, 0.25) is 0 Å². The van der Waals surface area contributed by atoms with E-state index in [0.717, 1.165) is 5.56 Å². The standard InChI is InChI=1S/C21H25FN4O2/c1-14(2)18-13-25(21(28)16-5-8-19(23)24-11-16)10-9-20(27)26(18)12-15-3-6-17(22)7-4-15/h3-8,11,14,18H,9-10,12-13H2,1-2H3,(H2,23,24). The summed E-state index contributed by atoms with van der Waals surface area (Å²) in [5.74, 6) is 0.0408. The first-order chi connectivity index (χ1) is 13.3. The zero-order chi connectivity index (χ0) is 20.3. The van der Waals surface area contributed by atoms with E-state index in [4.69, 9.17) is 5.73 Å². The molecule has 1 aliphatic rings. The van der Waals surface area contributed by atoms with Crippen molar-refractivity contribution in [1.29, 1.82) is 0 Å². The first-order valence-corrected chi connectivity index (χ1v) is 9.40. The van der Waals surface area contributed by atoms with Gasteiger partial charge in [0, 0.05) is 32.3 Å². The van der Waals surface area contributed by atoms with Crippen molar-refractivity contribution in [3.63, 3.8) is 0 Å². The SMILES string of the molecule is CC(C)C1CN(C(=O)c2ccc(N)nc2)CCC(=O)N1Cc1ccc(F)cc1. The minimum Gasteiger partial charge on any atom is -0.384 e. The molecule has 1 fully saturated rings. The summed E-state index contributed by atoms with van der Waals surface area (Å²) in [4.78, 5) is 33.3. The van der Waals surface area contributed by atoms with Gasteiger partial charge in [0.2, 0.25) is 5.91 Å². The maximum atomic E-state index is 13.2. The fourth-order valence-electron chi connectivity index (χ4n) is 3.44. The Hall–Kier alpha value is -2.96. The van der Waals surface area contributed by atoms with E-state index in [9.17, 15) is 14.0 Å². The quantitative estimate of drug-likeness (QED) is 0.879. The van der Waals surface area contributed by atoms with Crippen LogP contribution in [0.5, 0.6) is 0 Å². The Labute approximate surface area is 164 Å². The predicted molar refractivity (Wildman–Crippen MR) is 105 cm³/mol. The molecule has 3 rings (SSSR count). The maximum Gasteiger partial charge on any atom is 0.255 e. The van der Waals surface area contributed by atoms with Gasteiger partial charge in [-0.3, -0.25) is 9.59 Å². The van der Waals surface area contributed by atoms with Crippen molar-refractivity contribution in [1.82, 2.24) is 14.8 Å². The minimum atomic E-state index is -0.305. The van der Waals surface area contributed by atoms with Gasteiger partial charge < -0.3 is 15.5 Å². The Morgan fingerprint density at radius 2 is 1.96 bits per heavy atom. The molecule has 1 atom stereocenters. The zero-order valence-electron chi connectivity index (χ0n) is 16.1. The molecule has 148 valence electrons. The lowest BCUT2D eigenvalue weighted by atomic mass is 10.0. The molecule has 0 bridgehead atoms. The van der Waals surface area contributed by atoms with Crippen LogP contribution in [0.1, 0.15) is 36.2 Å². The first kappa shape index (κ1) is 19.8. The first-order valence-electron chi connectivity index (χ1n) is 9.40. The van der Waals surface area contributed by atoms with E-state index in [1.165, 1.54) is 18.3 Å². The van der Waals surface area contributed by atoms with E-state index in [-0.39, 0.29) is 36.0 Å². The number of benzene rings is 1. The highest BCUT2D eigenvalue weighted by molar-refractivity contribution is 5.94. The van der Waals surface area contributed by atoms with Crippen LogP contribution in [0.3, 0.4) is 0 Å². The number of aromatic nitrogens is 1. The molecule has 2 heterocycles. The molecule has 6 nitrogen and oxygen atoms in total. The number of carbonyl (C=O) groups excluding carboxylic acids is 2. The molecule has 0 saturated carbocycles. The summed E-state index contributed by atoms with van der Waals surface area (Å²) in [6, 6.07) is 9.28. The zero-order valence-corrected chi connectivity index (χ0v) is 16.1. The van der Waals surface area contributed by atoms with Crippen molar-refractivity contribution >= 4 is 17.6 Å². The highest BCUT2D eigenvalue weighted by Crippen LogP contribution is 2.22. The minimum absolute atomic E-state index is 0.00578. The molecule has 0 spiro atoms. The lowest BCUT2D eigenvalue weighted by Crippen LogP contribution is -2.47. The van der Waals surface area contributed by atoms with Crippen molar-refractivity contribution in [2.45, 2.75) is 32.9 Å². The van der Waals surface area contributed by atoms with Gasteiger partial charge in [0.25, 0.3) is 5.91 Å². The summed E-state index contributed by atoms with van der Waals surface area (Å²) in [5, 5.41) is 0. The molecular weight excluding hydrogens is 359 g/mol. The highest BCUT2D eigenvalue weighted by Gasteiger charge is 2.33. The van der Waals surface area contributed by atoms with Crippen LogP contribution in [0.4, 0.5) is 10.2 Å². The number of nitrogens with two attached hydrogens (primary N) is 1. The summed E-state index contributed by atoms with van der Waals surface area (Å²) >= 11 is 0. The maximum absolute atomic E-state index is 13.2. The van der Waals surface area contributed by atoms with Gasteiger partial charge in [-0.15, -0.1) is 0 Å². The number of hydrogen-bond acceptors (Lipinski definition) is 4. The summed E-state index contributed by atoms with van der Waals surface area (Å²) in [5.41, 5.74) is 6.92. The third-order valence-electron chi connectivity index (χ3n) is 5.08. The summed E-state index contributed by atoms with van der Waals surface area (Å²) in [7, 11) is 0. The largest absolute Gasteiger partial charge is 0.384 e. The van der Waals surface area contributed by atoms with Crippen LogP contribution >= 0.6 is 0 Å². The third kappa shape index (κ3) is 4.47. The number of hydrogen-bond donors (Lipinski definition) is 1. The van der Waals surface area contributed by atoms with Gasteiger partial charge in [-0.1, -0.05) is 26.0 Å². The lowest BCUT2D eigenvalue weighted by molar-refractivity contribution is -0.134. The second-order valence-electron chi connectivity index (χ2n) is 7.43. The van der Waals surface area contributed by atoms with Gasteiger partial charge in [0.05, 0.1) is 11.6 Å². The molecule has 1 aromatic carbocycles. The van der Waals surface area contributed by atoms with Gasteiger partial charge in [0.15, 0.2) is 0 Å². The van der Waals surface area contributed by atoms with Crippen molar-refractivity contribution in [2.24, 2.45) is 5.92 Å². The smallest absolute Gasteiger partial charge is 0.255 e. The highest BCUT2D eigenvalue weighted by atomic mass is 19.1. The normalized spacial score (nSPS) is 17.7. The van der Waals surface area contributed by atoms with Gasteiger partial charge in [-0.05, 0) is 35.7 Å². The number of halogens is 1. The second kappa shape index (κ2) is 8.37. The summed E-state index contributed by atoms with van der Waals surface area (Å²) in [6.45, 7) is 5.26. The molecule has 2 amide bonds. The molecule has 0 radical (unpaired) electrons. The summed E-state index contributed by atoms with van der Waals surface area (Å²) < 4.78 is 13.2. The molecular formula is C21H25FN4O2. The van der Waals surface area contributed by atoms with Crippen LogP contribution < -0.4 is 5.73 Å². The molecule has 1 aliphatic heterocycles. The van der Waals surface area contributed by atoms with Crippen molar-refractivity contribution in [3.8, 4) is 0 Å². The van der Waals surface area contributed by atoms with E-state index in [2.05, 4.69) is 4.98 Å². The molecule has 0 aliphatic carbocycles. The van der Waals surface area contributed by atoms with Crippen LogP contribution in [0.15, 0.2) is 42.6 Å². The van der Waals surface area contributed by atoms with Crippen molar-refractivity contribution in [2.75, 3.05) is 18.8 Å². The lowest BCUT2D eigenvalue weighted by Gasteiger charge is -2.34. The Balaban J connectivity index is 1.82. The fraction of sp³-hybridized carbons (Fsp3) is 0.381. The molecule has 1 unspecified atom stereocenters. The molecule has 1 aromatic heterocycles. The van der Waals surface area contributed by atoms with Crippen LogP contribution in [0.25, 0.3) is 0 Å². The van der Waals surface area contributed by atoms with E-state index >= 15 is 0 Å². The molecule has 2 N–H and O–H groups in total. The van der Waals surface area contributed by atoms with E-state index in [0.29, 0.717) is 31.0 Å². The van der Waals surface area contributed by atoms with Crippen molar-refractivity contribution < 1.29 is 14.0 Å². The van der Waals surface area contributed by atoms with Crippen LogP contribution in [-0.2, 0) is 11.3 Å². The number of nitrogens with zero attached hydrogens (tertiary/aromatic N) is 3. The Morgan fingerprint density at radius 1 is 1.25 bits per heavy atom. The average Bonchev–Trinajstić information content (AvgIpc) is 2.83. The monoisotopic (exact) mass is 384 g/mol. The number of anilines is 1. The van der Waals surface area contributed by atoms with Gasteiger partial charge in [-0.2, -0.15) is 0 Å². The molecule has 2 aromatic rings. The Morgan fingerprint density at radius 3 is 2.57 bits per heavy atom. The van der Waals surface area contributed by atoms with Crippen molar-refractivity contribution in [3.05, 3.63) is 59.5 Å². The average molecular weight is 384 g/mol. The number of carbonyl (C=O) groups is 2. The third-order valence-corrected chi connectivity index (χ3v) is 5.08. The number of rotatable bonds is 4. The Kier molecular flexibility index (Phi) is 5.92. The predicted octanol–water partition coefficient (Wildman–Crippen LogP) is 2.70. The molecule has 7 heteroatoms. The molecule has 1 saturated heterocycles. The van der Waals surface area contributed by atoms with E-state index in [1.807, 2.05) is 18.7 Å². The van der Waals surface area contributed by atoms with Crippen LogP contribution in [0, 0.1) is 11.7 Å². The van der Waals surface area contributed by atoms with Gasteiger partial charge in [0.1, 0.15) is 11.6 Å².